The lowest BCUT2D eigenvalue weighted by atomic mass is 9.85. The second kappa shape index (κ2) is 8.33. The molecule has 0 saturated carbocycles. The molecule has 0 saturated heterocycles. The summed E-state index contributed by atoms with van der Waals surface area (Å²) >= 11 is 0. The number of rotatable bonds is 8. The van der Waals surface area contributed by atoms with E-state index in [1.807, 2.05) is 0 Å². The van der Waals surface area contributed by atoms with Crippen LogP contribution in [0.5, 0.6) is 0 Å². The third-order valence-electron chi connectivity index (χ3n) is 2.90. The van der Waals surface area contributed by atoms with E-state index in [9.17, 15) is 27.2 Å². The van der Waals surface area contributed by atoms with Crippen LogP contribution in [0, 0.1) is 11.8 Å². The highest BCUT2D eigenvalue weighted by Crippen LogP contribution is 2.31. The molecule has 8 heteroatoms. The first kappa shape index (κ1) is 20.7. The smallest absolute Gasteiger partial charge is 0.389 e. The molecule has 0 aromatic rings. The Morgan fingerprint density at radius 2 is 1.64 bits per heavy atom. The van der Waals surface area contributed by atoms with E-state index in [4.69, 9.17) is 9.84 Å². The van der Waals surface area contributed by atoms with Gasteiger partial charge in [0.25, 0.3) is 0 Å². The summed E-state index contributed by atoms with van der Waals surface area (Å²) in [5, 5.41) is 9.12. The highest BCUT2D eigenvalue weighted by molar-refractivity contribution is 5.81. The quantitative estimate of drug-likeness (QED) is 0.544. The molecule has 22 heavy (non-hydrogen) atoms. The minimum atomic E-state index is -4.52. The van der Waals surface area contributed by atoms with Gasteiger partial charge in [-0.25, -0.2) is 0 Å². The number of halogens is 4. The van der Waals surface area contributed by atoms with Gasteiger partial charge in [-0.05, 0) is 40.0 Å². The lowest BCUT2D eigenvalue weighted by molar-refractivity contribution is -0.170. The van der Waals surface area contributed by atoms with Crippen LogP contribution in [0.1, 0.15) is 46.5 Å². The zero-order valence-corrected chi connectivity index (χ0v) is 12.9. The van der Waals surface area contributed by atoms with Crippen molar-refractivity contribution in [3.63, 3.8) is 0 Å². The van der Waals surface area contributed by atoms with Gasteiger partial charge in [0.15, 0.2) is 0 Å². The lowest BCUT2D eigenvalue weighted by Crippen LogP contribution is -2.36. The number of carboxylic acid groups (broad SMARTS) is 1. The normalized spacial score (nSPS) is 15.2. The standard InChI is InChI=1S/C14H22F4O4/c1-13(2,3)22-12(21)10(5-4-8-15)9(11(19)20)6-7-14(16,17)18/h9-10H,4-8H2,1-3H3,(H,19,20). The molecule has 0 aromatic carbocycles. The van der Waals surface area contributed by atoms with Crippen LogP contribution in [-0.4, -0.2) is 35.5 Å². The predicted octanol–water partition coefficient (Wildman–Crippen LogP) is 3.74. The van der Waals surface area contributed by atoms with Gasteiger partial charge in [-0.15, -0.1) is 0 Å². The molecule has 0 amide bonds. The fourth-order valence-corrected chi connectivity index (χ4v) is 1.97. The molecule has 0 fully saturated rings. The van der Waals surface area contributed by atoms with Crippen molar-refractivity contribution in [3.8, 4) is 0 Å². The monoisotopic (exact) mass is 330 g/mol. The third-order valence-corrected chi connectivity index (χ3v) is 2.90. The number of ether oxygens (including phenoxy) is 1. The molecule has 2 unspecified atom stereocenters. The van der Waals surface area contributed by atoms with Crippen LogP contribution in [0.4, 0.5) is 17.6 Å². The molecule has 0 radical (unpaired) electrons. The van der Waals surface area contributed by atoms with Gasteiger partial charge >= 0.3 is 18.1 Å². The summed E-state index contributed by atoms with van der Waals surface area (Å²) in [6.45, 7) is 3.89. The fraction of sp³-hybridized carbons (Fsp3) is 0.857. The zero-order valence-electron chi connectivity index (χ0n) is 12.9. The van der Waals surface area contributed by atoms with E-state index in [1.54, 1.807) is 20.8 Å². The Labute approximate surface area is 126 Å². The molecule has 0 heterocycles. The van der Waals surface area contributed by atoms with Crippen LogP contribution in [0.15, 0.2) is 0 Å². The van der Waals surface area contributed by atoms with E-state index in [-0.39, 0.29) is 12.8 Å². The Morgan fingerprint density at radius 3 is 2.00 bits per heavy atom. The summed E-state index contributed by atoms with van der Waals surface area (Å²) in [6.07, 6.45) is -6.86. The van der Waals surface area contributed by atoms with Crippen LogP contribution in [0.3, 0.4) is 0 Å². The van der Waals surface area contributed by atoms with Crippen LogP contribution in [0.25, 0.3) is 0 Å². The number of aliphatic carboxylic acids is 1. The van der Waals surface area contributed by atoms with Gasteiger partial charge in [0.2, 0.25) is 0 Å². The van der Waals surface area contributed by atoms with Gasteiger partial charge in [-0.1, -0.05) is 0 Å². The summed E-state index contributed by atoms with van der Waals surface area (Å²) in [6, 6.07) is 0. The fourth-order valence-electron chi connectivity index (χ4n) is 1.97. The van der Waals surface area contributed by atoms with E-state index < -0.39 is 55.1 Å². The van der Waals surface area contributed by atoms with Gasteiger partial charge < -0.3 is 9.84 Å². The average molecular weight is 330 g/mol. The average Bonchev–Trinajstić information content (AvgIpc) is 2.28. The zero-order chi connectivity index (χ0) is 17.6. The van der Waals surface area contributed by atoms with Gasteiger partial charge in [-0.3, -0.25) is 14.0 Å². The van der Waals surface area contributed by atoms with Gasteiger partial charge in [0.05, 0.1) is 18.5 Å². The minimum absolute atomic E-state index is 0.111. The van der Waals surface area contributed by atoms with E-state index >= 15 is 0 Å². The molecule has 0 spiro atoms. The van der Waals surface area contributed by atoms with Gasteiger partial charge in [0, 0.05) is 6.42 Å². The number of alkyl halides is 4. The van der Waals surface area contributed by atoms with Crippen molar-refractivity contribution in [3.05, 3.63) is 0 Å². The lowest BCUT2D eigenvalue weighted by Gasteiger charge is -2.27. The molecule has 130 valence electrons. The topological polar surface area (TPSA) is 63.6 Å². The molecule has 4 nitrogen and oxygen atoms in total. The van der Waals surface area contributed by atoms with Gasteiger partial charge in [0.1, 0.15) is 5.60 Å². The van der Waals surface area contributed by atoms with Crippen LogP contribution >= 0.6 is 0 Å². The highest BCUT2D eigenvalue weighted by Gasteiger charge is 2.39. The van der Waals surface area contributed by atoms with Crippen molar-refractivity contribution in [2.45, 2.75) is 58.2 Å². The maximum atomic E-state index is 12.3. The predicted molar refractivity (Wildman–Crippen MR) is 71.0 cm³/mol. The van der Waals surface area contributed by atoms with Gasteiger partial charge in [-0.2, -0.15) is 13.2 Å². The minimum Gasteiger partial charge on any atom is -0.481 e. The molecular weight excluding hydrogens is 308 g/mol. The van der Waals surface area contributed by atoms with Crippen molar-refractivity contribution < 1.29 is 37.0 Å². The Morgan fingerprint density at radius 1 is 1.09 bits per heavy atom. The first-order valence-electron chi connectivity index (χ1n) is 6.96. The molecular formula is C14H22F4O4. The van der Waals surface area contributed by atoms with Crippen LogP contribution in [0.2, 0.25) is 0 Å². The molecule has 1 N–H and O–H groups in total. The molecule has 0 bridgehead atoms. The first-order chi connectivity index (χ1) is 9.87. The molecule has 2 atom stereocenters. The van der Waals surface area contributed by atoms with E-state index in [0.29, 0.717) is 0 Å². The Bertz CT molecular complexity index is 374. The molecule has 0 aromatic heterocycles. The maximum Gasteiger partial charge on any atom is 0.389 e. The number of carboxylic acids is 1. The first-order valence-corrected chi connectivity index (χ1v) is 6.96. The second-order valence-electron chi connectivity index (χ2n) is 6.07. The summed E-state index contributed by atoms with van der Waals surface area (Å²) in [5.41, 5.74) is -0.905. The number of carbonyl (C=O) groups excluding carboxylic acids is 1. The van der Waals surface area contributed by atoms with E-state index in [1.165, 1.54) is 0 Å². The number of carbonyl (C=O) groups is 2. The molecule has 0 aliphatic heterocycles. The number of esters is 1. The van der Waals surface area contributed by atoms with Crippen LogP contribution < -0.4 is 0 Å². The summed E-state index contributed by atoms with van der Waals surface area (Å²) < 4.78 is 54.3. The Kier molecular flexibility index (Phi) is 7.83. The maximum absolute atomic E-state index is 12.3. The molecule has 0 rings (SSSR count). The van der Waals surface area contributed by atoms with Crippen molar-refractivity contribution in [2.24, 2.45) is 11.8 Å². The van der Waals surface area contributed by atoms with Crippen molar-refractivity contribution in [1.82, 2.24) is 0 Å². The number of hydrogen-bond acceptors (Lipinski definition) is 3. The largest absolute Gasteiger partial charge is 0.481 e. The third kappa shape index (κ3) is 8.84. The number of hydrogen-bond donors (Lipinski definition) is 1. The molecule has 0 aliphatic carbocycles. The summed E-state index contributed by atoms with van der Waals surface area (Å²) in [5.74, 6) is -5.27. The Hall–Kier alpha value is -1.34. The van der Waals surface area contributed by atoms with Crippen LogP contribution in [-0.2, 0) is 14.3 Å². The van der Waals surface area contributed by atoms with Crippen molar-refractivity contribution in [1.29, 1.82) is 0 Å². The van der Waals surface area contributed by atoms with Crippen molar-refractivity contribution >= 4 is 11.9 Å². The second-order valence-corrected chi connectivity index (χ2v) is 6.07. The Balaban J connectivity index is 5.13. The summed E-state index contributed by atoms with van der Waals surface area (Å²) in [4.78, 5) is 23.3. The van der Waals surface area contributed by atoms with Crippen molar-refractivity contribution in [2.75, 3.05) is 6.67 Å². The highest BCUT2D eigenvalue weighted by atomic mass is 19.4. The summed E-state index contributed by atoms with van der Waals surface area (Å²) in [7, 11) is 0. The SMILES string of the molecule is CC(C)(C)OC(=O)C(CCCF)C(CCC(F)(F)F)C(=O)O. The van der Waals surface area contributed by atoms with E-state index in [0.717, 1.165) is 0 Å². The molecule has 0 aliphatic rings. The van der Waals surface area contributed by atoms with E-state index in [2.05, 4.69) is 0 Å².